The zero-order chi connectivity index (χ0) is 23.0. The molecule has 1 saturated heterocycles. The summed E-state index contributed by atoms with van der Waals surface area (Å²) in [5.74, 6) is 1.05. The lowest BCUT2D eigenvalue weighted by molar-refractivity contribution is -0.132. The van der Waals surface area contributed by atoms with Crippen molar-refractivity contribution in [1.29, 1.82) is 0 Å². The first-order chi connectivity index (χ1) is 14.5. The van der Waals surface area contributed by atoms with Crippen LogP contribution in [0, 0.1) is 5.41 Å². The van der Waals surface area contributed by atoms with Crippen molar-refractivity contribution in [2.24, 2.45) is 5.41 Å². The molecule has 1 fully saturated rings. The van der Waals surface area contributed by atoms with Gasteiger partial charge in [-0.3, -0.25) is 9.59 Å². The molecule has 0 radical (unpaired) electrons. The third-order valence-corrected chi connectivity index (χ3v) is 5.90. The number of hydrogen-bond acceptors (Lipinski definition) is 4. The molecule has 0 saturated carbocycles. The summed E-state index contributed by atoms with van der Waals surface area (Å²) < 4.78 is 10.8. The Labute approximate surface area is 184 Å². The normalized spacial score (nSPS) is 21.4. The molecule has 2 atom stereocenters. The Kier molecular flexibility index (Phi) is 6.03. The van der Waals surface area contributed by atoms with Crippen LogP contribution < -0.4 is 9.47 Å². The highest BCUT2D eigenvalue weighted by atomic mass is 16.5. The molecular formula is C25H32N2O4. The van der Waals surface area contributed by atoms with Crippen molar-refractivity contribution in [3.63, 3.8) is 0 Å². The molecule has 6 heteroatoms. The molecule has 0 bridgehead atoms. The van der Waals surface area contributed by atoms with Gasteiger partial charge in [-0.2, -0.15) is 0 Å². The molecule has 0 aliphatic carbocycles. The monoisotopic (exact) mass is 424 g/mol. The smallest absolute Gasteiger partial charge is 0.256 e. The summed E-state index contributed by atoms with van der Waals surface area (Å²) in [6, 6.07) is 14.7. The minimum Gasteiger partial charge on any atom is -0.497 e. The van der Waals surface area contributed by atoms with Crippen molar-refractivity contribution < 1.29 is 19.1 Å². The first-order valence-corrected chi connectivity index (χ1v) is 10.4. The second kappa shape index (κ2) is 8.25. The minimum atomic E-state index is -1.06. The maximum atomic E-state index is 13.7. The molecule has 0 unspecified atom stereocenters. The number of likely N-dealkylation sites (N-methyl/N-ethyl adjacent to an activating group) is 1. The van der Waals surface area contributed by atoms with E-state index in [9.17, 15) is 9.59 Å². The summed E-state index contributed by atoms with van der Waals surface area (Å²) >= 11 is 0. The molecule has 1 heterocycles. The van der Waals surface area contributed by atoms with Gasteiger partial charge in [-0.25, -0.2) is 0 Å². The number of rotatable bonds is 5. The molecule has 6 nitrogen and oxygen atoms in total. The number of benzene rings is 2. The van der Waals surface area contributed by atoms with Crippen LogP contribution in [0.4, 0.5) is 0 Å². The van der Waals surface area contributed by atoms with Crippen molar-refractivity contribution in [2.75, 3.05) is 21.3 Å². The summed E-state index contributed by atoms with van der Waals surface area (Å²) in [5, 5.41) is 0. The van der Waals surface area contributed by atoms with Crippen LogP contribution in [0.2, 0.25) is 0 Å². The first-order valence-electron chi connectivity index (χ1n) is 10.4. The quantitative estimate of drug-likeness (QED) is 0.728. The highest BCUT2D eigenvalue weighted by Crippen LogP contribution is 2.42. The number of amides is 2. The number of nitrogens with zero attached hydrogens (tertiary/aromatic N) is 2. The highest BCUT2D eigenvalue weighted by molar-refractivity contribution is 6.01. The molecule has 0 aromatic heterocycles. The lowest BCUT2D eigenvalue weighted by Gasteiger charge is -2.42. The van der Waals surface area contributed by atoms with E-state index in [2.05, 4.69) is 0 Å². The Balaban J connectivity index is 2.13. The van der Waals surface area contributed by atoms with Crippen molar-refractivity contribution >= 4 is 11.8 Å². The topological polar surface area (TPSA) is 59.1 Å². The van der Waals surface area contributed by atoms with Crippen LogP contribution in [0.1, 0.15) is 43.6 Å². The van der Waals surface area contributed by atoms with Gasteiger partial charge in [0.15, 0.2) is 0 Å². The Bertz CT molecular complexity index is 945. The lowest BCUT2D eigenvalue weighted by atomic mass is 9.87. The number of ether oxygens (including phenoxy) is 2. The van der Waals surface area contributed by atoms with Crippen molar-refractivity contribution in [2.45, 2.75) is 45.8 Å². The maximum absolute atomic E-state index is 13.7. The third-order valence-electron chi connectivity index (χ3n) is 5.90. The summed E-state index contributed by atoms with van der Waals surface area (Å²) in [5.41, 5.74) is 0.0329. The maximum Gasteiger partial charge on any atom is 0.256 e. The largest absolute Gasteiger partial charge is 0.497 e. The fourth-order valence-corrected chi connectivity index (χ4v) is 4.59. The van der Waals surface area contributed by atoms with Gasteiger partial charge in [-0.1, -0.05) is 39.0 Å². The minimum absolute atomic E-state index is 0.0847. The molecular weight excluding hydrogens is 392 g/mol. The number of hydrogen-bond donors (Lipinski definition) is 0. The highest BCUT2D eigenvalue weighted by Gasteiger charge is 2.58. The number of carbonyl (C=O) groups excluding carboxylic acids is 2. The van der Waals surface area contributed by atoms with Crippen molar-refractivity contribution in [1.82, 2.24) is 9.80 Å². The third kappa shape index (κ3) is 4.11. The Morgan fingerprint density at radius 3 is 2.06 bits per heavy atom. The van der Waals surface area contributed by atoms with E-state index in [1.54, 1.807) is 49.3 Å². The van der Waals surface area contributed by atoms with Gasteiger partial charge in [0.05, 0.1) is 14.2 Å². The Morgan fingerprint density at radius 1 is 1.03 bits per heavy atom. The van der Waals surface area contributed by atoms with Gasteiger partial charge in [-0.05, 0) is 36.8 Å². The summed E-state index contributed by atoms with van der Waals surface area (Å²) in [6.07, 6.45) is -0.0419. The SMILES string of the molecule is COc1cc(C[C@]2(C)C(=O)N(C)[C@H](C(C)(C)C)N2C(=O)c2ccccc2)cc(OC)c1. The lowest BCUT2D eigenvalue weighted by Crippen LogP contribution is -2.56. The van der Waals surface area contributed by atoms with Crippen LogP contribution in [0.15, 0.2) is 48.5 Å². The van der Waals surface area contributed by atoms with E-state index in [1.165, 1.54) is 0 Å². The number of carbonyl (C=O) groups is 2. The molecule has 0 spiro atoms. The van der Waals surface area contributed by atoms with E-state index in [0.717, 1.165) is 5.56 Å². The standard InChI is InChI=1S/C25H32N2O4/c1-24(2,3)22-26(5)23(29)25(4,27(22)21(28)18-11-9-8-10-12-18)16-17-13-19(30-6)15-20(14-17)31-7/h8-15,22H,16H2,1-7H3/t22-,25+/m0/s1. The molecule has 1 aliphatic rings. The summed E-state index contributed by atoms with van der Waals surface area (Å²) in [6.45, 7) is 8.00. The fourth-order valence-electron chi connectivity index (χ4n) is 4.59. The second-order valence-electron chi connectivity index (χ2n) is 9.37. The zero-order valence-corrected chi connectivity index (χ0v) is 19.4. The molecule has 1 aliphatic heterocycles. The van der Waals surface area contributed by atoms with Gasteiger partial charge in [-0.15, -0.1) is 0 Å². The van der Waals surface area contributed by atoms with Gasteiger partial charge in [0.25, 0.3) is 5.91 Å². The Morgan fingerprint density at radius 2 is 1.58 bits per heavy atom. The van der Waals surface area contributed by atoms with Crippen molar-refractivity contribution in [3.05, 3.63) is 59.7 Å². The summed E-state index contributed by atoms with van der Waals surface area (Å²) in [7, 11) is 4.96. The molecule has 2 aromatic carbocycles. The van der Waals surface area contributed by atoms with Crippen LogP contribution in [0.3, 0.4) is 0 Å². The van der Waals surface area contributed by atoms with Gasteiger partial charge in [0.1, 0.15) is 23.2 Å². The first kappa shape index (κ1) is 22.7. The van der Waals surface area contributed by atoms with Crippen LogP contribution >= 0.6 is 0 Å². The van der Waals surface area contributed by atoms with Crippen LogP contribution in [0.25, 0.3) is 0 Å². The van der Waals surface area contributed by atoms with E-state index in [0.29, 0.717) is 23.5 Å². The average Bonchev–Trinajstić information content (AvgIpc) is 2.94. The van der Waals surface area contributed by atoms with Gasteiger partial charge in [0, 0.05) is 30.5 Å². The zero-order valence-electron chi connectivity index (χ0n) is 19.4. The molecule has 2 aromatic rings. The predicted molar refractivity (Wildman–Crippen MR) is 120 cm³/mol. The van der Waals surface area contributed by atoms with E-state index >= 15 is 0 Å². The van der Waals surface area contributed by atoms with Gasteiger partial charge in [0.2, 0.25) is 5.91 Å². The molecule has 31 heavy (non-hydrogen) atoms. The second-order valence-corrected chi connectivity index (χ2v) is 9.37. The summed E-state index contributed by atoms with van der Waals surface area (Å²) in [4.78, 5) is 30.8. The van der Waals surface area contributed by atoms with Crippen LogP contribution in [0.5, 0.6) is 11.5 Å². The van der Waals surface area contributed by atoms with Gasteiger partial charge >= 0.3 is 0 Å². The molecule has 2 amide bonds. The Hall–Kier alpha value is -3.02. The van der Waals surface area contributed by atoms with E-state index < -0.39 is 5.54 Å². The number of methoxy groups -OCH3 is 2. The van der Waals surface area contributed by atoms with E-state index in [1.807, 2.05) is 58.0 Å². The van der Waals surface area contributed by atoms with Crippen LogP contribution in [-0.4, -0.2) is 54.6 Å². The molecule has 3 rings (SSSR count). The average molecular weight is 425 g/mol. The van der Waals surface area contributed by atoms with Crippen molar-refractivity contribution in [3.8, 4) is 11.5 Å². The van der Waals surface area contributed by atoms with E-state index in [4.69, 9.17) is 9.47 Å². The molecule has 0 N–H and O–H groups in total. The molecule has 166 valence electrons. The van der Waals surface area contributed by atoms with Gasteiger partial charge < -0.3 is 19.3 Å². The fraction of sp³-hybridized carbons (Fsp3) is 0.440. The van der Waals surface area contributed by atoms with Crippen LogP contribution in [-0.2, 0) is 11.2 Å². The van der Waals surface area contributed by atoms with E-state index in [-0.39, 0.29) is 23.4 Å². The predicted octanol–water partition coefficient (Wildman–Crippen LogP) is 3.99.